The summed E-state index contributed by atoms with van der Waals surface area (Å²) in [4.78, 5) is 0. The fourth-order valence-electron chi connectivity index (χ4n) is 1.87. The molecular formula is C12H15NS. The van der Waals surface area contributed by atoms with E-state index in [0.29, 0.717) is 0 Å². The molecule has 0 aliphatic carbocycles. The van der Waals surface area contributed by atoms with Gasteiger partial charge in [0, 0.05) is 29.4 Å². The molecule has 0 aliphatic rings. The highest BCUT2D eigenvalue weighted by Gasteiger charge is 2.05. The molecule has 0 amide bonds. The zero-order chi connectivity index (χ0) is 10.1. The van der Waals surface area contributed by atoms with Gasteiger partial charge in [0.2, 0.25) is 0 Å². The molecule has 2 heteroatoms. The molecule has 74 valence electrons. The molecule has 0 fully saturated rings. The minimum absolute atomic E-state index is 0.812. The van der Waals surface area contributed by atoms with Crippen molar-refractivity contribution in [2.24, 2.45) is 0 Å². The summed E-state index contributed by atoms with van der Waals surface area (Å²) in [6.07, 6.45) is 2.21. The Morgan fingerprint density at radius 2 is 2.14 bits per heavy atom. The molecule has 0 bridgehead atoms. The van der Waals surface area contributed by atoms with Crippen LogP contribution in [0.2, 0.25) is 0 Å². The smallest absolute Gasteiger partial charge is 0.0483 e. The Kier molecular flexibility index (Phi) is 2.55. The minimum Gasteiger partial charge on any atom is -0.347 e. The SMILES string of the molecule is CCn1cc(CS)c2cc(C)ccc21. The van der Waals surface area contributed by atoms with Crippen molar-refractivity contribution in [3.05, 3.63) is 35.5 Å². The van der Waals surface area contributed by atoms with Gasteiger partial charge in [0.15, 0.2) is 0 Å². The van der Waals surface area contributed by atoms with Gasteiger partial charge < -0.3 is 4.57 Å². The Balaban J connectivity index is 2.75. The standard InChI is InChI=1S/C12H15NS/c1-3-13-7-10(8-14)11-6-9(2)4-5-12(11)13/h4-7,14H,3,8H2,1-2H3. The summed E-state index contributed by atoms with van der Waals surface area (Å²) in [6.45, 7) is 5.32. The molecule has 14 heavy (non-hydrogen) atoms. The second-order valence-corrected chi connectivity index (χ2v) is 3.94. The maximum atomic E-state index is 4.36. The second-order valence-electron chi connectivity index (χ2n) is 3.62. The second kappa shape index (κ2) is 3.70. The average Bonchev–Trinajstić information content (AvgIpc) is 2.55. The lowest BCUT2D eigenvalue weighted by atomic mass is 10.1. The molecule has 2 aromatic rings. The van der Waals surface area contributed by atoms with Gasteiger partial charge in [-0.05, 0) is 31.5 Å². The van der Waals surface area contributed by atoms with Gasteiger partial charge in [-0.15, -0.1) is 0 Å². The van der Waals surface area contributed by atoms with Crippen LogP contribution in [0.25, 0.3) is 10.9 Å². The molecule has 0 N–H and O–H groups in total. The van der Waals surface area contributed by atoms with Crippen LogP contribution in [0.1, 0.15) is 18.1 Å². The molecule has 1 heterocycles. The van der Waals surface area contributed by atoms with Crippen molar-refractivity contribution in [3.8, 4) is 0 Å². The van der Waals surface area contributed by atoms with Gasteiger partial charge >= 0.3 is 0 Å². The molecule has 0 saturated carbocycles. The Morgan fingerprint density at radius 3 is 2.79 bits per heavy atom. The van der Waals surface area contributed by atoms with Crippen LogP contribution in [0.4, 0.5) is 0 Å². The number of thiol groups is 1. The fraction of sp³-hybridized carbons (Fsp3) is 0.333. The third-order valence-corrected chi connectivity index (χ3v) is 2.97. The van der Waals surface area contributed by atoms with Gasteiger partial charge in [0.05, 0.1) is 0 Å². The van der Waals surface area contributed by atoms with Crippen molar-refractivity contribution < 1.29 is 0 Å². The van der Waals surface area contributed by atoms with Crippen LogP contribution in [-0.4, -0.2) is 4.57 Å². The highest BCUT2D eigenvalue weighted by atomic mass is 32.1. The van der Waals surface area contributed by atoms with E-state index in [4.69, 9.17) is 0 Å². The Hall–Kier alpha value is -0.890. The first-order valence-electron chi connectivity index (χ1n) is 4.95. The van der Waals surface area contributed by atoms with Crippen LogP contribution >= 0.6 is 12.6 Å². The van der Waals surface area contributed by atoms with E-state index >= 15 is 0 Å². The first-order valence-corrected chi connectivity index (χ1v) is 5.58. The van der Waals surface area contributed by atoms with E-state index in [1.165, 1.54) is 22.0 Å². The molecule has 0 unspecified atom stereocenters. The molecule has 0 saturated heterocycles. The van der Waals surface area contributed by atoms with Crippen molar-refractivity contribution in [1.29, 1.82) is 0 Å². The van der Waals surface area contributed by atoms with Gasteiger partial charge in [0.25, 0.3) is 0 Å². The predicted octanol–water partition coefficient (Wildman–Crippen LogP) is 3.40. The molecule has 0 radical (unpaired) electrons. The zero-order valence-electron chi connectivity index (χ0n) is 8.62. The molecule has 1 aromatic heterocycles. The third kappa shape index (κ3) is 1.44. The van der Waals surface area contributed by atoms with E-state index in [-0.39, 0.29) is 0 Å². The summed E-state index contributed by atoms with van der Waals surface area (Å²) < 4.78 is 2.28. The first-order chi connectivity index (χ1) is 6.76. The lowest BCUT2D eigenvalue weighted by molar-refractivity contribution is 0.795. The van der Waals surface area contributed by atoms with E-state index in [2.05, 4.69) is 55.4 Å². The summed E-state index contributed by atoms with van der Waals surface area (Å²) in [5.41, 5.74) is 3.96. The van der Waals surface area contributed by atoms with E-state index in [1.807, 2.05) is 0 Å². The summed E-state index contributed by atoms with van der Waals surface area (Å²) in [6, 6.07) is 6.60. The van der Waals surface area contributed by atoms with E-state index in [9.17, 15) is 0 Å². The number of hydrogen-bond donors (Lipinski definition) is 1. The molecular weight excluding hydrogens is 190 g/mol. The lowest BCUT2D eigenvalue weighted by Gasteiger charge is -2.00. The summed E-state index contributed by atoms with van der Waals surface area (Å²) in [7, 11) is 0. The molecule has 0 aliphatic heterocycles. The van der Waals surface area contributed by atoms with Gasteiger partial charge in [-0.1, -0.05) is 11.6 Å². The normalized spacial score (nSPS) is 11.1. The van der Waals surface area contributed by atoms with Gasteiger partial charge in [-0.2, -0.15) is 12.6 Å². The number of fused-ring (bicyclic) bond motifs is 1. The number of aryl methyl sites for hydroxylation is 2. The fourth-order valence-corrected chi connectivity index (χ4v) is 2.12. The van der Waals surface area contributed by atoms with Crippen LogP contribution < -0.4 is 0 Å². The summed E-state index contributed by atoms with van der Waals surface area (Å²) in [5, 5.41) is 1.35. The minimum atomic E-state index is 0.812. The first kappa shape index (κ1) is 9.66. The Bertz CT molecular complexity index is 457. The van der Waals surface area contributed by atoms with Crippen LogP contribution in [0, 0.1) is 6.92 Å². The number of benzene rings is 1. The number of rotatable bonds is 2. The topological polar surface area (TPSA) is 4.93 Å². The van der Waals surface area contributed by atoms with Gasteiger partial charge in [-0.25, -0.2) is 0 Å². The zero-order valence-corrected chi connectivity index (χ0v) is 9.51. The van der Waals surface area contributed by atoms with Crippen molar-refractivity contribution >= 4 is 23.5 Å². The van der Waals surface area contributed by atoms with Gasteiger partial charge in [0.1, 0.15) is 0 Å². The summed E-state index contributed by atoms with van der Waals surface area (Å²) in [5.74, 6) is 0.812. The largest absolute Gasteiger partial charge is 0.347 e. The van der Waals surface area contributed by atoms with Crippen LogP contribution in [0.15, 0.2) is 24.4 Å². The third-order valence-electron chi connectivity index (χ3n) is 2.63. The highest BCUT2D eigenvalue weighted by Crippen LogP contribution is 2.23. The number of aromatic nitrogens is 1. The predicted molar refractivity (Wildman–Crippen MR) is 65.0 cm³/mol. The van der Waals surface area contributed by atoms with Crippen LogP contribution in [0.3, 0.4) is 0 Å². The van der Waals surface area contributed by atoms with Crippen molar-refractivity contribution in [1.82, 2.24) is 4.57 Å². The van der Waals surface area contributed by atoms with E-state index in [1.54, 1.807) is 0 Å². The van der Waals surface area contributed by atoms with E-state index in [0.717, 1.165) is 12.3 Å². The molecule has 0 atom stereocenters. The average molecular weight is 205 g/mol. The Morgan fingerprint density at radius 1 is 1.36 bits per heavy atom. The van der Waals surface area contributed by atoms with Crippen molar-refractivity contribution in [2.75, 3.05) is 0 Å². The van der Waals surface area contributed by atoms with Crippen LogP contribution in [0.5, 0.6) is 0 Å². The molecule has 1 nitrogen and oxygen atoms in total. The van der Waals surface area contributed by atoms with Gasteiger partial charge in [-0.3, -0.25) is 0 Å². The molecule has 2 rings (SSSR count). The van der Waals surface area contributed by atoms with Crippen molar-refractivity contribution in [2.45, 2.75) is 26.1 Å². The highest BCUT2D eigenvalue weighted by molar-refractivity contribution is 7.79. The van der Waals surface area contributed by atoms with Crippen molar-refractivity contribution in [3.63, 3.8) is 0 Å². The molecule has 1 aromatic carbocycles. The lowest BCUT2D eigenvalue weighted by Crippen LogP contribution is -1.90. The van der Waals surface area contributed by atoms with Crippen LogP contribution in [-0.2, 0) is 12.3 Å². The molecule has 0 spiro atoms. The quantitative estimate of drug-likeness (QED) is 0.717. The number of hydrogen-bond acceptors (Lipinski definition) is 1. The maximum Gasteiger partial charge on any atom is 0.0483 e. The summed E-state index contributed by atoms with van der Waals surface area (Å²) >= 11 is 4.36. The van der Waals surface area contributed by atoms with E-state index < -0.39 is 0 Å². The number of nitrogens with zero attached hydrogens (tertiary/aromatic N) is 1. The maximum absolute atomic E-state index is 4.36. The Labute approximate surface area is 90.1 Å². The monoisotopic (exact) mass is 205 g/mol.